The predicted octanol–water partition coefficient (Wildman–Crippen LogP) is 2.61. The number of nitrogens with one attached hydrogen (secondary N) is 1. The molecule has 0 atom stereocenters. The summed E-state index contributed by atoms with van der Waals surface area (Å²) in [5, 5.41) is 7.00. The van der Waals surface area contributed by atoms with E-state index in [9.17, 15) is 18.0 Å². The first kappa shape index (κ1) is 25.8. The third kappa shape index (κ3) is 5.30. The van der Waals surface area contributed by atoms with Gasteiger partial charge in [-0.1, -0.05) is 38.1 Å². The number of amides is 1. The molecule has 1 aromatic heterocycles. The molecule has 11 heteroatoms. The van der Waals surface area contributed by atoms with Crippen LogP contribution in [0.1, 0.15) is 69.5 Å². The monoisotopic (exact) mass is 492 g/mol. The molecule has 0 saturated carbocycles. The lowest BCUT2D eigenvalue weighted by Gasteiger charge is -2.32. The van der Waals surface area contributed by atoms with E-state index in [4.69, 9.17) is 9.26 Å². The third-order valence-electron chi connectivity index (χ3n) is 5.80. The highest BCUT2D eigenvalue weighted by molar-refractivity contribution is 7.89. The van der Waals surface area contributed by atoms with Crippen LogP contribution in [-0.2, 0) is 30.5 Å². The number of hydrogen-bond donors (Lipinski definition) is 1. The number of methoxy groups -OCH3 is 1. The van der Waals surface area contributed by atoms with Crippen LogP contribution < -0.4 is 5.32 Å². The molecule has 0 bridgehead atoms. The summed E-state index contributed by atoms with van der Waals surface area (Å²) in [5.74, 6) is -0.415. The van der Waals surface area contributed by atoms with Crippen molar-refractivity contribution in [1.82, 2.24) is 19.8 Å². The molecule has 186 valence electrons. The zero-order valence-corrected chi connectivity index (χ0v) is 21.2. The first-order valence-corrected chi connectivity index (χ1v) is 12.6. The van der Waals surface area contributed by atoms with Crippen molar-refractivity contribution in [1.29, 1.82) is 0 Å². The maximum absolute atomic E-state index is 13.2. The van der Waals surface area contributed by atoms with Gasteiger partial charge in [0.1, 0.15) is 0 Å². The lowest BCUT2D eigenvalue weighted by molar-refractivity contribution is -0.128. The van der Waals surface area contributed by atoms with E-state index in [2.05, 4.69) is 15.5 Å². The highest BCUT2D eigenvalue weighted by atomic mass is 32.2. The number of piperidine rings is 1. The lowest BCUT2D eigenvalue weighted by atomic mass is 9.94. The van der Waals surface area contributed by atoms with Crippen molar-refractivity contribution in [3.05, 3.63) is 41.5 Å². The van der Waals surface area contributed by atoms with E-state index < -0.39 is 21.5 Å². The second kappa shape index (κ2) is 9.46. The van der Waals surface area contributed by atoms with Crippen molar-refractivity contribution >= 4 is 21.9 Å². The second-order valence-electron chi connectivity index (χ2n) is 9.95. The van der Waals surface area contributed by atoms with Gasteiger partial charge in [0.05, 0.1) is 23.1 Å². The molecule has 3 rings (SSSR count). The van der Waals surface area contributed by atoms with Crippen LogP contribution in [0.15, 0.2) is 33.7 Å². The molecule has 1 aromatic carbocycles. The second-order valence-corrected chi connectivity index (χ2v) is 11.9. The van der Waals surface area contributed by atoms with Gasteiger partial charge in [-0.05, 0) is 38.8 Å². The van der Waals surface area contributed by atoms with Crippen LogP contribution in [0.25, 0.3) is 0 Å². The van der Waals surface area contributed by atoms with Crippen molar-refractivity contribution < 1.29 is 27.3 Å². The van der Waals surface area contributed by atoms with E-state index in [0.29, 0.717) is 24.6 Å². The van der Waals surface area contributed by atoms with Gasteiger partial charge < -0.3 is 14.6 Å². The number of sulfonamides is 1. The van der Waals surface area contributed by atoms with Crippen LogP contribution in [0.2, 0.25) is 0 Å². The SMILES string of the molecule is COC(=O)c1ccccc1S(=O)(=O)N1CCC(C(=O)NC(C)(C)c2noc(C(C)(C)C)n2)CC1. The summed E-state index contributed by atoms with van der Waals surface area (Å²) >= 11 is 0. The number of carbonyl (C=O) groups is 2. The zero-order chi connectivity index (χ0) is 25.3. The summed E-state index contributed by atoms with van der Waals surface area (Å²) in [6.07, 6.45) is 0.696. The Morgan fingerprint density at radius 1 is 1.12 bits per heavy atom. The topological polar surface area (TPSA) is 132 Å². The number of benzene rings is 1. The molecule has 2 aromatic rings. The average Bonchev–Trinajstić information content (AvgIpc) is 3.30. The first-order chi connectivity index (χ1) is 15.8. The molecule has 10 nitrogen and oxygen atoms in total. The quantitative estimate of drug-likeness (QED) is 0.609. The Morgan fingerprint density at radius 2 is 1.74 bits per heavy atom. The number of carbonyl (C=O) groups excluding carboxylic acids is 2. The van der Waals surface area contributed by atoms with Crippen LogP contribution in [0.4, 0.5) is 0 Å². The van der Waals surface area contributed by atoms with E-state index in [1.807, 2.05) is 20.8 Å². The van der Waals surface area contributed by atoms with E-state index in [1.165, 1.54) is 23.5 Å². The summed E-state index contributed by atoms with van der Waals surface area (Å²) in [4.78, 5) is 29.4. The largest absolute Gasteiger partial charge is 0.465 e. The fourth-order valence-corrected chi connectivity index (χ4v) is 5.37. The standard InChI is InChI=1S/C23H32N4O6S/c1-22(2,3)21-24-20(26-33-21)23(4,5)25-18(28)15-11-13-27(14-12-15)34(30,31)17-10-8-7-9-16(17)19(29)32-6/h7-10,15H,11-14H2,1-6H3,(H,25,28). The molecule has 34 heavy (non-hydrogen) atoms. The van der Waals surface area contributed by atoms with Gasteiger partial charge in [0.25, 0.3) is 0 Å². The van der Waals surface area contributed by atoms with Gasteiger partial charge >= 0.3 is 5.97 Å². The average molecular weight is 493 g/mol. The molecule has 0 radical (unpaired) electrons. The molecule has 1 N–H and O–H groups in total. The number of rotatable bonds is 6. The Balaban J connectivity index is 1.67. The van der Waals surface area contributed by atoms with E-state index in [0.717, 1.165) is 0 Å². The van der Waals surface area contributed by atoms with Crippen LogP contribution >= 0.6 is 0 Å². The summed E-state index contributed by atoms with van der Waals surface area (Å²) < 4.78 is 37.8. The van der Waals surface area contributed by atoms with Crippen molar-refractivity contribution in [3.63, 3.8) is 0 Å². The number of aromatic nitrogens is 2. The molecular weight excluding hydrogens is 460 g/mol. The van der Waals surface area contributed by atoms with Crippen molar-refractivity contribution in [2.75, 3.05) is 20.2 Å². The Labute approximate surface area is 200 Å². The smallest absolute Gasteiger partial charge is 0.339 e. The molecule has 1 aliphatic rings. The summed E-state index contributed by atoms with van der Waals surface area (Å²) in [5.41, 5.74) is -1.18. The normalized spacial score (nSPS) is 16.3. The molecule has 1 aliphatic heterocycles. The molecule has 2 heterocycles. The number of nitrogens with zero attached hydrogens (tertiary/aromatic N) is 3. The fourth-order valence-electron chi connectivity index (χ4n) is 3.72. The van der Waals surface area contributed by atoms with Gasteiger partial charge in [0.15, 0.2) is 5.82 Å². The zero-order valence-electron chi connectivity index (χ0n) is 20.4. The summed E-state index contributed by atoms with van der Waals surface area (Å²) in [6.45, 7) is 9.79. The number of esters is 1. The van der Waals surface area contributed by atoms with Crippen LogP contribution in [0, 0.1) is 5.92 Å². The molecule has 0 aliphatic carbocycles. The maximum atomic E-state index is 13.2. The number of hydrogen-bond acceptors (Lipinski definition) is 8. The van der Waals surface area contributed by atoms with Crippen LogP contribution in [0.3, 0.4) is 0 Å². The summed E-state index contributed by atoms with van der Waals surface area (Å²) in [7, 11) is -2.71. The molecule has 0 spiro atoms. The third-order valence-corrected chi connectivity index (χ3v) is 7.75. The van der Waals surface area contributed by atoms with Crippen molar-refractivity contribution in [2.45, 2.75) is 63.3 Å². The Morgan fingerprint density at radius 3 is 2.29 bits per heavy atom. The van der Waals surface area contributed by atoms with Crippen LogP contribution in [0.5, 0.6) is 0 Å². The van der Waals surface area contributed by atoms with Crippen molar-refractivity contribution in [2.24, 2.45) is 5.92 Å². The van der Waals surface area contributed by atoms with Gasteiger partial charge in [-0.25, -0.2) is 13.2 Å². The van der Waals surface area contributed by atoms with E-state index in [-0.39, 0.29) is 40.8 Å². The molecule has 0 unspecified atom stereocenters. The number of ether oxygens (including phenoxy) is 1. The molecule has 1 fully saturated rings. The van der Waals surface area contributed by atoms with Gasteiger partial charge in [0.2, 0.25) is 21.8 Å². The predicted molar refractivity (Wildman–Crippen MR) is 123 cm³/mol. The minimum Gasteiger partial charge on any atom is -0.465 e. The molecule has 1 amide bonds. The summed E-state index contributed by atoms with van der Waals surface area (Å²) in [6, 6.07) is 5.95. The Bertz CT molecular complexity index is 1160. The van der Waals surface area contributed by atoms with Crippen LogP contribution in [-0.4, -0.2) is 54.9 Å². The highest BCUT2D eigenvalue weighted by Crippen LogP contribution is 2.28. The first-order valence-electron chi connectivity index (χ1n) is 11.1. The maximum Gasteiger partial charge on any atom is 0.339 e. The van der Waals surface area contributed by atoms with Gasteiger partial charge in [-0.3, -0.25) is 4.79 Å². The molecule has 1 saturated heterocycles. The van der Waals surface area contributed by atoms with Gasteiger partial charge in [0, 0.05) is 24.4 Å². The van der Waals surface area contributed by atoms with Gasteiger partial charge in [-0.2, -0.15) is 9.29 Å². The minimum absolute atomic E-state index is 0.0126. The Hall–Kier alpha value is -2.79. The van der Waals surface area contributed by atoms with E-state index >= 15 is 0 Å². The van der Waals surface area contributed by atoms with Crippen molar-refractivity contribution in [3.8, 4) is 0 Å². The highest BCUT2D eigenvalue weighted by Gasteiger charge is 2.37. The van der Waals surface area contributed by atoms with Gasteiger partial charge in [-0.15, -0.1) is 0 Å². The minimum atomic E-state index is -3.92. The fraction of sp³-hybridized carbons (Fsp3) is 0.565. The molecular formula is C23H32N4O6S. The Kier molecular flexibility index (Phi) is 7.18. The van der Waals surface area contributed by atoms with E-state index in [1.54, 1.807) is 26.0 Å². The lowest BCUT2D eigenvalue weighted by Crippen LogP contribution is -2.48.